The van der Waals surface area contributed by atoms with Gasteiger partial charge in [0.25, 0.3) is 0 Å². The fraction of sp³-hybridized carbons (Fsp3) is 0.600. The van der Waals surface area contributed by atoms with E-state index in [2.05, 4.69) is 16.8 Å². The normalized spacial score (nSPS) is 18.7. The van der Waals surface area contributed by atoms with Crippen LogP contribution in [0.5, 0.6) is 0 Å². The molecule has 3 heterocycles. The molecule has 22 heavy (non-hydrogen) atoms. The van der Waals surface area contributed by atoms with Gasteiger partial charge in [-0.05, 0) is 26.8 Å². The number of carbonyl (C=O) groups is 1. The summed E-state index contributed by atoms with van der Waals surface area (Å²) in [5.74, 6) is 0.261. The number of hydrogen-bond acceptors (Lipinski definition) is 4. The number of rotatable bonds is 5. The summed E-state index contributed by atoms with van der Waals surface area (Å²) in [4.78, 5) is 21.7. The van der Waals surface area contributed by atoms with Gasteiger partial charge in [0.15, 0.2) is 10.1 Å². The Morgan fingerprint density at radius 3 is 3.14 bits per heavy atom. The van der Waals surface area contributed by atoms with Crippen LogP contribution in [0, 0.1) is 0 Å². The zero-order valence-corrected chi connectivity index (χ0v) is 14.5. The molecule has 1 atom stereocenters. The Labute approximate surface area is 139 Å². The number of carbonyl (C=O) groups excluding carboxylic acids is 1. The molecule has 7 heteroatoms. The second kappa shape index (κ2) is 6.56. The van der Waals surface area contributed by atoms with Crippen molar-refractivity contribution in [2.75, 3.05) is 20.1 Å². The predicted octanol–water partition coefficient (Wildman–Crippen LogP) is 2.88. The molecule has 0 spiro atoms. The van der Waals surface area contributed by atoms with E-state index in [0.717, 1.165) is 36.6 Å². The third kappa shape index (κ3) is 3.14. The summed E-state index contributed by atoms with van der Waals surface area (Å²) in [6, 6.07) is 0.396. The molecule has 3 rings (SSSR count). The standard InChI is InChI=1S/C15H21ClN4OS/c1-11-4-3-6-19(11)13(21)5-7-18(2)10-12-14(16)17-15-20(12)8-9-22-15/h8-9,11H,3-7,10H2,1-2H3/t11-/m1/s1. The molecular formula is C15H21ClN4OS. The fourth-order valence-corrected chi connectivity index (χ4v) is 4.03. The molecule has 2 aromatic rings. The maximum Gasteiger partial charge on any atom is 0.224 e. The van der Waals surface area contributed by atoms with Crippen molar-refractivity contribution in [1.29, 1.82) is 0 Å². The SMILES string of the molecule is C[C@@H]1CCCN1C(=O)CCN(C)Cc1c(Cl)nc2sccn12. The maximum absolute atomic E-state index is 12.3. The Bertz CT molecular complexity index is 668. The number of hydrogen-bond donors (Lipinski definition) is 0. The van der Waals surface area contributed by atoms with Crippen molar-refractivity contribution in [1.82, 2.24) is 19.2 Å². The third-order valence-corrected chi connectivity index (χ3v) is 5.37. The Morgan fingerprint density at radius 2 is 2.41 bits per heavy atom. The first kappa shape index (κ1) is 15.8. The van der Waals surface area contributed by atoms with Crippen LogP contribution in [0.4, 0.5) is 0 Å². The van der Waals surface area contributed by atoms with E-state index in [9.17, 15) is 4.79 Å². The van der Waals surface area contributed by atoms with E-state index in [0.29, 0.717) is 24.2 Å². The van der Waals surface area contributed by atoms with Crippen LogP contribution in [0.3, 0.4) is 0 Å². The Kier molecular flexibility index (Phi) is 4.70. The van der Waals surface area contributed by atoms with Crippen LogP contribution < -0.4 is 0 Å². The molecule has 0 aromatic carbocycles. The molecule has 1 saturated heterocycles. The van der Waals surface area contributed by atoms with E-state index in [1.54, 1.807) is 11.3 Å². The number of amides is 1. The average molecular weight is 341 g/mol. The quantitative estimate of drug-likeness (QED) is 0.840. The zero-order chi connectivity index (χ0) is 15.7. The van der Waals surface area contributed by atoms with Gasteiger partial charge < -0.3 is 4.90 Å². The monoisotopic (exact) mass is 340 g/mol. The first-order valence-corrected chi connectivity index (χ1v) is 8.90. The van der Waals surface area contributed by atoms with Gasteiger partial charge in [0.2, 0.25) is 5.91 Å². The minimum Gasteiger partial charge on any atom is -0.340 e. The number of nitrogens with zero attached hydrogens (tertiary/aromatic N) is 4. The maximum atomic E-state index is 12.3. The van der Waals surface area contributed by atoms with Gasteiger partial charge >= 0.3 is 0 Å². The van der Waals surface area contributed by atoms with E-state index in [1.165, 1.54) is 0 Å². The third-order valence-electron chi connectivity index (χ3n) is 4.31. The van der Waals surface area contributed by atoms with Crippen LogP contribution in [-0.4, -0.2) is 51.3 Å². The molecule has 1 aliphatic rings. The van der Waals surface area contributed by atoms with Crippen LogP contribution in [0.2, 0.25) is 5.15 Å². The van der Waals surface area contributed by atoms with Crippen molar-refractivity contribution in [3.63, 3.8) is 0 Å². The largest absolute Gasteiger partial charge is 0.340 e. The predicted molar refractivity (Wildman–Crippen MR) is 89.4 cm³/mol. The van der Waals surface area contributed by atoms with Crippen LogP contribution in [0.15, 0.2) is 11.6 Å². The second-order valence-corrected chi connectivity index (χ2v) is 7.20. The molecule has 1 aliphatic heterocycles. The molecular weight excluding hydrogens is 320 g/mol. The van der Waals surface area contributed by atoms with Gasteiger partial charge in [-0.2, -0.15) is 0 Å². The first-order chi connectivity index (χ1) is 10.6. The van der Waals surface area contributed by atoms with Gasteiger partial charge in [0.05, 0.1) is 5.69 Å². The molecule has 0 aliphatic carbocycles. The molecule has 1 fully saturated rings. The topological polar surface area (TPSA) is 40.9 Å². The smallest absolute Gasteiger partial charge is 0.224 e. The molecule has 0 unspecified atom stereocenters. The second-order valence-electron chi connectivity index (χ2n) is 5.97. The molecule has 5 nitrogen and oxygen atoms in total. The van der Waals surface area contributed by atoms with E-state index in [4.69, 9.17) is 11.6 Å². The Balaban J connectivity index is 1.56. The Morgan fingerprint density at radius 1 is 1.59 bits per heavy atom. The summed E-state index contributed by atoms with van der Waals surface area (Å²) in [5, 5.41) is 2.55. The van der Waals surface area contributed by atoms with Gasteiger partial charge in [0, 0.05) is 43.7 Å². The fourth-order valence-electron chi connectivity index (χ4n) is 3.02. The summed E-state index contributed by atoms with van der Waals surface area (Å²) in [5.41, 5.74) is 0.988. The number of likely N-dealkylation sites (tertiary alicyclic amines) is 1. The molecule has 0 N–H and O–H groups in total. The number of halogens is 1. The first-order valence-electron chi connectivity index (χ1n) is 7.64. The summed E-state index contributed by atoms with van der Waals surface area (Å²) in [6.45, 7) is 4.47. The van der Waals surface area contributed by atoms with Crippen molar-refractivity contribution in [2.24, 2.45) is 0 Å². The number of imidazole rings is 1. The van der Waals surface area contributed by atoms with Gasteiger partial charge in [0.1, 0.15) is 0 Å². The molecule has 0 saturated carbocycles. The van der Waals surface area contributed by atoms with Crippen molar-refractivity contribution < 1.29 is 4.79 Å². The number of aromatic nitrogens is 2. The lowest BCUT2D eigenvalue weighted by Gasteiger charge is -2.23. The van der Waals surface area contributed by atoms with Crippen molar-refractivity contribution in [3.8, 4) is 0 Å². The van der Waals surface area contributed by atoms with E-state index >= 15 is 0 Å². The minimum atomic E-state index is 0.261. The summed E-state index contributed by atoms with van der Waals surface area (Å²) in [7, 11) is 2.02. The lowest BCUT2D eigenvalue weighted by Crippen LogP contribution is -2.35. The highest BCUT2D eigenvalue weighted by Crippen LogP contribution is 2.22. The Hall–Kier alpha value is -1.11. The summed E-state index contributed by atoms with van der Waals surface area (Å²) >= 11 is 7.78. The van der Waals surface area contributed by atoms with Crippen LogP contribution in [0.1, 0.15) is 31.9 Å². The number of thiazole rings is 1. The highest BCUT2D eigenvalue weighted by Gasteiger charge is 2.24. The highest BCUT2D eigenvalue weighted by molar-refractivity contribution is 7.15. The van der Waals surface area contributed by atoms with E-state index in [-0.39, 0.29) is 5.91 Å². The van der Waals surface area contributed by atoms with Crippen molar-refractivity contribution in [2.45, 2.75) is 38.8 Å². The zero-order valence-electron chi connectivity index (χ0n) is 13.0. The van der Waals surface area contributed by atoms with Gasteiger partial charge in [-0.25, -0.2) is 4.98 Å². The molecule has 0 bridgehead atoms. The average Bonchev–Trinajstić information content (AvgIpc) is 3.16. The molecule has 2 aromatic heterocycles. The summed E-state index contributed by atoms with van der Waals surface area (Å²) in [6.07, 6.45) is 4.80. The summed E-state index contributed by atoms with van der Waals surface area (Å²) < 4.78 is 2.02. The lowest BCUT2D eigenvalue weighted by atomic mass is 10.2. The molecule has 120 valence electrons. The van der Waals surface area contributed by atoms with Crippen molar-refractivity contribution >= 4 is 33.8 Å². The lowest BCUT2D eigenvalue weighted by molar-refractivity contribution is -0.132. The van der Waals surface area contributed by atoms with Gasteiger partial charge in [-0.15, -0.1) is 11.3 Å². The van der Waals surface area contributed by atoms with E-state index in [1.807, 2.05) is 27.9 Å². The minimum absolute atomic E-state index is 0.261. The van der Waals surface area contributed by atoms with Crippen LogP contribution in [-0.2, 0) is 11.3 Å². The van der Waals surface area contributed by atoms with Crippen molar-refractivity contribution in [3.05, 3.63) is 22.4 Å². The van der Waals surface area contributed by atoms with E-state index < -0.39 is 0 Å². The molecule has 1 amide bonds. The highest BCUT2D eigenvalue weighted by atomic mass is 35.5. The number of fused-ring (bicyclic) bond motifs is 1. The van der Waals surface area contributed by atoms with Crippen LogP contribution in [0.25, 0.3) is 4.96 Å². The van der Waals surface area contributed by atoms with Crippen LogP contribution >= 0.6 is 22.9 Å². The van der Waals surface area contributed by atoms with Gasteiger partial charge in [-0.1, -0.05) is 11.6 Å². The van der Waals surface area contributed by atoms with Gasteiger partial charge in [-0.3, -0.25) is 14.1 Å². The molecule has 0 radical (unpaired) electrons.